The first-order chi connectivity index (χ1) is 17.9. The lowest BCUT2D eigenvalue weighted by Gasteiger charge is -2.39. The number of benzene rings is 1. The molecule has 0 unspecified atom stereocenters. The minimum Gasteiger partial charge on any atom is -0.423 e. The minimum absolute atomic E-state index is 1.09. The Morgan fingerprint density at radius 3 is 0.976 bits per heavy atom. The standard InChI is InChI=1S/C16H6BF22NO2/c18-7(19,9(22,23)11(26,27)13(30,31)15(34,35)36)3-1-4(6(40)2-5(3)17(41)42)8(20,21)10(24,25)12(28,29)14(32,33)16(37,38)39/h1-2,41-42H,40H2. The summed E-state index contributed by atoms with van der Waals surface area (Å²) >= 11 is 0. The molecule has 0 saturated carbocycles. The van der Waals surface area contributed by atoms with E-state index in [1.54, 1.807) is 0 Å². The van der Waals surface area contributed by atoms with Gasteiger partial charge in [-0.15, -0.1) is 0 Å². The van der Waals surface area contributed by atoms with E-state index < -0.39 is 101 Å². The maximum atomic E-state index is 14.5. The van der Waals surface area contributed by atoms with Crippen molar-refractivity contribution in [3.8, 4) is 0 Å². The molecule has 0 saturated heterocycles. The number of alkyl halides is 22. The van der Waals surface area contributed by atoms with Gasteiger partial charge in [0.05, 0.1) is 5.56 Å². The summed E-state index contributed by atoms with van der Waals surface area (Å²) in [4.78, 5) is 0. The molecule has 4 N–H and O–H groups in total. The maximum Gasteiger partial charge on any atom is 0.489 e. The van der Waals surface area contributed by atoms with Crippen LogP contribution in [0.3, 0.4) is 0 Å². The molecule has 0 aliphatic rings. The zero-order valence-corrected chi connectivity index (χ0v) is 18.5. The molecule has 0 aliphatic heterocycles. The van der Waals surface area contributed by atoms with Crippen LogP contribution in [0.1, 0.15) is 11.1 Å². The van der Waals surface area contributed by atoms with Gasteiger partial charge in [0.25, 0.3) is 0 Å². The second-order valence-electron chi connectivity index (χ2n) is 7.99. The van der Waals surface area contributed by atoms with E-state index in [0.717, 1.165) is 0 Å². The van der Waals surface area contributed by atoms with Gasteiger partial charge in [-0.25, -0.2) is 0 Å². The summed E-state index contributed by atoms with van der Waals surface area (Å²) in [6, 6.07) is -3.04. The van der Waals surface area contributed by atoms with Gasteiger partial charge in [0, 0.05) is 11.3 Å². The molecule has 0 amide bonds. The molecule has 0 radical (unpaired) electrons. The van der Waals surface area contributed by atoms with Crippen molar-refractivity contribution in [3.05, 3.63) is 23.3 Å². The van der Waals surface area contributed by atoms with Crippen molar-refractivity contribution in [2.75, 3.05) is 5.73 Å². The first-order valence-electron chi connectivity index (χ1n) is 9.41. The average molecular weight is 673 g/mol. The normalized spacial score (nSPS) is 15.7. The summed E-state index contributed by atoms with van der Waals surface area (Å²) < 4.78 is 294. The van der Waals surface area contributed by atoms with Gasteiger partial charge >= 0.3 is 66.9 Å². The summed E-state index contributed by atoms with van der Waals surface area (Å²) in [5.41, 5.74) is -8.11. The molecule has 0 fully saturated rings. The van der Waals surface area contributed by atoms with Crippen molar-refractivity contribution >= 4 is 18.3 Å². The SMILES string of the molecule is Nc1cc(B(O)O)c(C(F)(F)C(F)(F)C(F)(F)C(F)(F)C(F)(F)F)cc1C(F)(F)C(F)(F)C(F)(F)C(F)(F)C(F)(F)F. The molecule has 0 atom stereocenters. The fourth-order valence-electron chi connectivity index (χ4n) is 2.87. The van der Waals surface area contributed by atoms with Gasteiger partial charge in [-0.2, -0.15) is 96.6 Å². The molecule has 244 valence electrons. The monoisotopic (exact) mass is 673 g/mol. The predicted octanol–water partition coefficient (Wildman–Crippen LogP) is 6.07. The molecule has 0 spiro atoms. The molecule has 0 bridgehead atoms. The van der Waals surface area contributed by atoms with Crippen LogP contribution >= 0.6 is 0 Å². The van der Waals surface area contributed by atoms with Crippen molar-refractivity contribution in [3.63, 3.8) is 0 Å². The summed E-state index contributed by atoms with van der Waals surface area (Å²) in [5.74, 6) is -64.4. The van der Waals surface area contributed by atoms with E-state index in [1.807, 2.05) is 0 Å². The number of nitrogen functional groups attached to an aromatic ring is 1. The van der Waals surface area contributed by atoms with Crippen LogP contribution in [-0.4, -0.2) is 65.1 Å². The molecule has 1 rings (SSSR count). The fraction of sp³-hybridized carbons (Fsp3) is 0.625. The lowest BCUT2D eigenvalue weighted by molar-refractivity contribution is -0.425. The third-order valence-corrected chi connectivity index (χ3v) is 5.25. The molecule has 0 aliphatic carbocycles. The van der Waals surface area contributed by atoms with Crippen molar-refractivity contribution in [2.45, 2.75) is 59.7 Å². The second-order valence-corrected chi connectivity index (χ2v) is 7.99. The average Bonchev–Trinajstić information content (AvgIpc) is 2.75. The van der Waals surface area contributed by atoms with E-state index in [2.05, 4.69) is 5.73 Å². The van der Waals surface area contributed by atoms with Crippen LogP contribution < -0.4 is 11.2 Å². The lowest BCUT2D eigenvalue weighted by Crippen LogP contribution is -2.66. The molecular formula is C16H6BF22NO2. The van der Waals surface area contributed by atoms with E-state index in [9.17, 15) is 96.6 Å². The van der Waals surface area contributed by atoms with Crippen LogP contribution in [0, 0.1) is 0 Å². The molecule has 3 nitrogen and oxygen atoms in total. The Labute approximate surface area is 215 Å². The largest absolute Gasteiger partial charge is 0.489 e. The van der Waals surface area contributed by atoms with Crippen LogP contribution in [0.15, 0.2) is 12.1 Å². The molecule has 0 heterocycles. The fourth-order valence-corrected chi connectivity index (χ4v) is 2.87. The van der Waals surface area contributed by atoms with Gasteiger partial charge in [0.2, 0.25) is 0 Å². The highest BCUT2D eigenvalue weighted by Crippen LogP contribution is 2.62. The summed E-state index contributed by atoms with van der Waals surface area (Å²) in [5, 5.41) is 17.9. The maximum absolute atomic E-state index is 14.5. The van der Waals surface area contributed by atoms with Crippen molar-refractivity contribution < 1.29 is 107 Å². The summed E-state index contributed by atoms with van der Waals surface area (Å²) in [6.07, 6.45) is -15.6. The summed E-state index contributed by atoms with van der Waals surface area (Å²) in [6.45, 7) is 0. The first kappa shape index (κ1) is 37.5. The van der Waals surface area contributed by atoms with Gasteiger partial charge in [0.1, 0.15) is 0 Å². The predicted molar refractivity (Wildman–Crippen MR) is 90.3 cm³/mol. The molecule has 1 aromatic rings. The van der Waals surface area contributed by atoms with Crippen LogP contribution in [0.25, 0.3) is 0 Å². The van der Waals surface area contributed by atoms with E-state index in [4.69, 9.17) is 10.0 Å². The van der Waals surface area contributed by atoms with Crippen molar-refractivity contribution in [1.82, 2.24) is 0 Å². The first-order valence-corrected chi connectivity index (χ1v) is 9.41. The number of halogens is 22. The van der Waals surface area contributed by atoms with Gasteiger partial charge in [0.15, 0.2) is 0 Å². The smallest absolute Gasteiger partial charge is 0.423 e. The zero-order valence-electron chi connectivity index (χ0n) is 18.5. The number of nitrogens with two attached hydrogens (primary N) is 1. The number of hydrogen-bond acceptors (Lipinski definition) is 3. The highest BCUT2D eigenvalue weighted by atomic mass is 19.4. The van der Waals surface area contributed by atoms with E-state index >= 15 is 0 Å². The third-order valence-electron chi connectivity index (χ3n) is 5.25. The van der Waals surface area contributed by atoms with E-state index in [0.29, 0.717) is 0 Å². The lowest BCUT2D eigenvalue weighted by atomic mass is 9.72. The Hall–Kier alpha value is -2.54. The molecular weight excluding hydrogens is 667 g/mol. The number of rotatable bonds is 9. The van der Waals surface area contributed by atoms with Gasteiger partial charge in [-0.1, -0.05) is 0 Å². The van der Waals surface area contributed by atoms with Gasteiger partial charge < -0.3 is 15.8 Å². The molecule has 26 heteroatoms. The van der Waals surface area contributed by atoms with E-state index in [1.165, 1.54) is 0 Å². The third kappa shape index (κ3) is 4.84. The molecule has 1 aromatic carbocycles. The highest BCUT2D eigenvalue weighted by Gasteiger charge is 2.89. The van der Waals surface area contributed by atoms with Gasteiger partial charge in [-0.05, 0) is 17.6 Å². The highest BCUT2D eigenvalue weighted by molar-refractivity contribution is 6.59. The quantitative estimate of drug-likeness (QED) is 0.170. The van der Waals surface area contributed by atoms with E-state index in [-0.39, 0.29) is 0 Å². The topological polar surface area (TPSA) is 66.5 Å². The molecule has 0 aromatic heterocycles. The van der Waals surface area contributed by atoms with Crippen LogP contribution in [0.5, 0.6) is 0 Å². The zero-order chi connectivity index (χ0) is 34.3. The second kappa shape index (κ2) is 9.74. The minimum atomic E-state index is -8.35. The summed E-state index contributed by atoms with van der Waals surface area (Å²) in [7, 11) is -3.93. The Kier molecular flexibility index (Phi) is 8.69. The number of anilines is 1. The number of hydrogen-bond donors (Lipinski definition) is 3. The molecule has 42 heavy (non-hydrogen) atoms. The Morgan fingerprint density at radius 2 is 0.714 bits per heavy atom. The Morgan fingerprint density at radius 1 is 0.429 bits per heavy atom. The van der Waals surface area contributed by atoms with Crippen molar-refractivity contribution in [2.24, 2.45) is 0 Å². The Balaban J connectivity index is 4.18. The van der Waals surface area contributed by atoms with Crippen LogP contribution in [0.2, 0.25) is 0 Å². The van der Waals surface area contributed by atoms with Crippen LogP contribution in [-0.2, 0) is 11.8 Å². The van der Waals surface area contributed by atoms with Gasteiger partial charge in [-0.3, -0.25) is 0 Å². The van der Waals surface area contributed by atoms with Crippen LogP contribution in [0.4, 0.5) is 102 Å². The Bertz CT molecular complexity index is 1170. The van der Waals surface area contributed by atoms with Crippen molar-refractivity contribution in [1.29, 1.82) is 0 Å².